The van der Waals surface area contributed by atoms with E-state index in [0.717, 1.165) is 6.08 Å². The van der Waals surface area contributed by atoms with E-state index in [-0.39, 0.29) is 11.4 Å². The van der Waals surface area contributed by atoms with Gasteiger partial charge < -0.3 is 5.32 Å². The number of halogens is 4. The van der Waals surface area contributed by atoms with Gasteiger partial charge in [0.05, 0.1) is 22.8 Å². The molecular formula is C17H12F4N2. The molecule has 2 aromatic rings. The highest BCUT2D eigenvalue weighted by Gasteiger charge is 2.45. The monoisotopic (exact) mass is 320 g/mol. The van der Waals surface area contributed by atoms with Gasteiger partial charge in [-0.3, -0.25) is 0 Å². The second-order valence-corrected chi connectivity index (χ2v) is 4.99. The van der Waals surface area contributed by atoms with Crippen molar-refractivity contribution in [3.8, 4) is 0 Å². The minimum absolute atomic E-state index is 0.193. The fraction of sp³-hybridized carbons (Fsp3) is 0.118. The summed E-state index contributed by atoms with van der Waals surface area (Å²) in [6.45, 7) is 0. The molecule has 0 aliphatic carbocycles. The first-order valence-corrected chi connectivity index (χ1v) is 6.87. The van der Waals surface area contributed by atoms with Crippen LogP contribution in [0.5, 0.6) is 0 Å². The summed E-state index contributed by atoms with van der Waals surface area (Å²) < 4.78 is 53.2. The molecule has 2 aromatic carbocycles. The molecule has 1 N–H and O–H groups in total. The molecule has 0 bridgehead atoms. The van der Waals surface area contributed by atoms with Crippen molar-refractivity contribution in [2.24, 2.45) is 4.99 Å². The SMILES string of the molecule is FC(F)C(F)(F)C1=CC(c2ccccc2)=Nc2ccccc2N1. The normalized spacial score (nSPS) is 14.5. The van der Waals surface area contributed by atoms with Crippen molar-refractivity contribution in [2.45, 2.75) is 12.3 Å². The van der Waals surface area contributed by atoms with Gasteiger partial charge in [-0.1, -0.05) is 42.5 Å². The molecule has 0 amide bonds. The van der Waals surface area contributed by atoms with E-state index in [1.54, 1.807) is 48.5 Å². The lowest BCUT2D eigenvalue weighted by atomic mass is 10.1. The van der Waals surface area contributed by atoms with Gasteiger partial charge in [-0.2, -0.15) is 8.78 Å². The van der Waals surface area contributed by atoms with Crippen molar-refractivity contribution in [1.29, 1.82) is 0 Å². The summed E-state index contributed by atoms with van der Waals surface area (Å²) in [4.78, 5) is 4.33. The maximum absolute atomic E-state index is 13.9. The second kappa shape index (κ2) is 5.87. The Hall–Kier alpha value is -2.63. The van der Waals surface area contributed by atoms with Gasteiger partial charge in [-0.25, -0.2) is 13.8 Å². The highest BCUT2D eigenvalue weighted by Crippen LogP contribution is 2.37. The van der Waals surface area contributed by atoms with Gasteiger partial charge in [0.25, 0.3) is 0 Å². The molecule has 1 aliphatic heterocycles. The average molecular weight is 320 g/mol. The molecule has 2 nitrogen and oxygen atoms in total. The Kier molecular flexibility index (Phi) is 3.90. The molecule has 0 unspecified atom stereocenters. The van der Waals surface area contributed by atoms with Crippen molar-refractivity contribution < 1.29 is 17.6 Å². The van der Waals surface area contributed by atoms with Crippen molar-refractivity contribution in [3.05, 3.63) is 71.9 Å². The summed E-state index contributed by atoms with van der Waals surface area (Å²) in [6, 6.07) is 15.0. The molecule has 0 fully saturated rings. The molecule has 0 saturated heterocycles. The topological polar surface area (TPSA) is 24.4 Å². The number of hydrogen-bond acceptors (Lipinski definition) is 2. The van der Waals surface area contributed by atoms with Crippen molar-refractivity contribution in [3.63, 3.8) is 0 Å². The van der Waals surface area contributed by atoms with Crippen molar-refractivity contribution >= 4 is 17.1 Å². The second-order valence-electron chi connectivity index (χ2n) is 4.99. The predicted octanol–water partition coefficient (Wildman–Crippen LogP) is 5.02. The first-order chi connectivity index (χ1) is 11.0. The van der Waals surface area contributed by atoms with E-state index >= 15 is 0 Å². The maximum Gasteiger partial charge on any atom is 0.346 e. The molecule has 0 spiro atoms. The molecule has 1 aliphatic rings. The fourth-order valence-electron chi connectivity index (χ4n) is 2.21. The largest absolute Gasteiger partial charge is 0.352 e. The average Bonchev–Trinajstić information content (AvgIpc) is 2.75. The highest BCUT2D eigenvalue weighted by molar-refractivity contribution is 6.11. The van der Waals surface area contributed by atoms with E-state index in [9.17, 15) is 17.6 Å². The highest BCUT2D eigenvalue weighted by atomic mass is 19.3. The zero-order valence-corrected chi connectivity index (χ0v) is 11.8. The summed E-state index contributed by atoms with van der Waals surface area (Å²) in [5.41, 5.74) is 0.541. The van der Waals surface area contributed by atoms with Crippen LogP contribution < -0.4 is 5.32 Å². The van der Waals surface area contributed by atoms with Crippen LogP contribution in [0.15, 0.2) is 71.4 Å². The van der Waals surface area contributed by atoms with Crippen LogP contribution in [0.25, 0.3) is 0 Å². The van der Waals surface area contributed by atoms with Crippen molar-refractivity contribution in [1.82, 2.24) is 0 Å². The molecular weight excluding hydrogens is 308 g/mol. The number of fused-ring (bicyclic) bond motifs is 1. The number of benzene rings is 2. The van der Waals surface area contributed by atoms with E-state index < -0.39 is 18.0 Å². The molecule has 6 heteroatoms. The summed E-state index contributed by atoms with van der Waals surface area (Å²) in [7, 11) is 0. The van der Waals surface area contributed by atoms with Gasteiger partial charge in [-0.05, 0) is 18.2 Å². The van der Waals surface area contributed by atoms with E-state index in [2.05, 4.69) is 10.3 Å². The van der Waals surface area contributed by atoms with Crippen LogP contribution >= 0.6 is 0 Å². The standard InChI is InChI=1S/C17H12F4N2/c18-16(19)17(20,21)15-10-14(11-6-2-1-3-7-11)22-12-8-4-5-9-13(12)23-15/h1-10,16,23H. The van der Waals surface area contributed by atoms with Crippen LogP contribution in [0, 0.1) is 0 Å². The summed E-state index contributed by atoms with van der Waals surface area (Å²) in [5, 5.41) is 2.40. The number of allylic oxidation sites excluding steroid dienone is 2. The Balaban J connectivity index is 2.17. The lowest BCUT2D eigenvalue weighted by Gasteiger charge is -2.20. The smallest absolute Gasteiger partial charge is 0.346 e. The molecule has 0 aromatic heterocycles. The lowest BCUT2D eigenvalue weighted by molar-refractivity contribution is -0.0982. The van der Waals surface area contributed by atoms with Crippen LogP contribution in [0.4, 0.5) is 28.9 Å². The molecule has 0 saturated carbocycles. The van der Waals surface area contributed by atoms with Gasteiger partial charge in [0.1, 0.15) is 0 Å². The molecule has 118 valence electrons. The number of para-hydroxylation sites is 2. The molecule has 1 heterocycles. The maximum atomic E-state index is 13.9. The van der Waals surface area contributed by atoms with Gasteiger partial charge in [0, 0.05) is 5.56 Å². The van der Waals surface area contributed by atoms with Crippen molar-refractivity contribution in [2.75, 3.05) is 5.32 Å². The summed E-state index contributed by atoms with van der Waals surface area (Å²) in [6.07, 6.45) is -2.84. The number of alkyl halides is 4. The number of rotatable bonds is 3. The van der Waals surface area contributed by atoms with Crippen LogP contribution in [0.3, 0.4) is 0 Å². The van der Waals surface area contributed by atoms with Crippen LogP contribution in [-0.4, -0.2) is 18.1 Å². The van der Waals surface area contributed by atoms with E-state index in [4.69, 9.17) is 0 Å². The Labute approximate surface area is 130 Å². The van der Waals surface area contributed by atoms with Crippen LogP contribution in [-0.2, 0) is 0 Å². The number of aliphatic imine (C=N–C) groups is 1. The third-order valence-corrected chi connectivity index (χ3v) is 3.40. The third kappa shape index (κ3) is 2.97. The van der Waals surface area contributed by atoms with Gasteiger partial charge in [-0.15, -0.1) is 0 Å². The van der Waals surface area contributed by atoms with E-state index in [0.29, 0.717) is 11.3 Å². The lowest BCUT2D eigenvalue weighted by Crippen LogP contribution is -2.33. The minimum Gasteiger partial charge on any atom is -0.352 e. The fourth-order valence-corrected chi connectivity index (χ4v) is 2.21. The van der Waals surface area contributed by atoms with Gasteiger partial charge >= 0.3 is 12.3 Å². The quantitative estimate of drug-likeness (QED) is 0.789. The predicted molar refractivity (Wildman–Crippen MR) is 81.7 cm³/mol. The Morgan fingerprint density at radius 2 is 1.57 bits per heavy atom. The minimum atomic E-state index is -4.30. The summed E-state index contributed by atoms with van der Waals surface area (Å²) >= 11 is 0. The van der Waals surface area contributed by atoms with Crippen LogP contribution in [0.1, 0.15) is 5.56 Å². The number of nitrogens with one attached hydrogen (secondary N) is 1. The number of hydrogen-bond donors (Lipinski definition) is 1. The Bertz CT molecular complexity index is 767. The zero-order chi connectivity index (χ0) is 16.4. The van der Waals surface area contributed by atoms with Gasteiger partial charge in [0.15, 0.2) is 0 Å². The van der Waals surface area contributed by atoms with E-state index in [1.807, 2.05) is 0 Å². The molecule has 0 radical (unpaired) electrons. The number of nitrogens with zero attached hydrogens (tertiary/aromatic N) is 1. The van der Waals surface area contributed by atoms with Gasteiger partial charge in [0.2, 0.25) is 0 Å². The molecule has 0 atom stereocenters. The third-order valence-electron chi connectivity index (χ3n) is 3.40. The Morgan fingerprint density at radius 1 is 0.913 bits per heavy atom. The zero-order valence-electron chi connectivity index (χ0n) is 11.8. The first kappa shape index (κ1) is 15.3. The van der Waals surface area contributed by atoms with E-state index in [1.165, 1.54) is 6.07 Å². The molecule has 3 rings (SSSR count). The van der Waals surface area contributed by atoms with Crippen LogP contribution in [0.2, 0.25) is 0 Å². The Morgan fingerprint density at radius 3 is 2.26 bits per heavy atom. The number of anilines is 1. The summed E-state index contributed by atoms with van der Waals surface area (Å²) in [5.74, 6) is -4.30. The first-order valence-electron chi connectivity index (χ1n) is 6.87. The molecule has 23 heavy (non-hydrogen) atoms.